The van der Waals surface area contributed by atoms with E-state index in [0.29, 0.717) is 17.0 Å². The first kappa shape index (κ1) is 11.8. The molecule has 0 amide bonds. The molecule has 0 aliphatic carbocycles. The van der Waals surface area contributed by atoms with E-state index in [9.17, 15) is 4.79 Å². The largest absolute Gasteiger partial charge is 0.497 e. The third-order valence-corrected chi connectivity index (χ3v) is 2.72. The minimum atomic E-state index is -0.120. The molecule has 17 heavy (non-hydrogen) atoms. The van der Waals surface area contributed by atoms with Crippen molar-refractivity contribution in [3.63, 3.8) is 0 Å². The van der Waals surface area contributed by atoms with Crippen molar-refractivity contribution in [3.8, 4) is 5.75 Å². The maximum Gasteiger partial charge on any atom is 0.211 e. The SMILES string of the molecule is COc1cc(Br)cc(C(=O)c2ccccn2)c1. The topological polar surface area (TPSA) is 39.2 Å². The molecule has 0 radical (unpaired) electrons. The molecule has 0 atom stereocenters. The van der Waals surface area contributed by atoms with Gasteiger partial charge in [0.25, 0.3) is 0 Å². The highest BCUT2D eigenvalue weighted by Crippen LogP contribution is 2.22. The van der Waals surface area contributed by atoms with E-state index in [1.165, 1.54) is 0 Å². The summed E-state index contributed by atoms with van der Waals surface area (Å²) in [6, 6.07) is 10.5. The molecular formula is C13H10BrNO2. The van der Waals surface area contributed by atoms with Crippen LogP contribution >= 0.6 is 15.9 Å². The van der Waals surface area contributed by atoms with E-state index in [0.717, 1.165) is 4.47 Å². The minimum absolute atomic E-state index is 0.120. The number of ketones is 1. The number of hydrogen-bond donors (Lipinski definition) is 0. The Hall–Kier alpha value is -1.68. The summed E-state index contributed by atoms with van der Waals surface area (Å²) in [5, 5.41) is 0. The minimum Gasteiger partial charge on any atom is -0.497 e. The molecular weight excluding hydrogens is 282 g/mol. The summed E-state index contributed by atoms with van der Waals surface area (Å²) in [4.78, 5) is 16.2. The van der Waals surface area contributed by atoms with E-state index in [-0.39, 0.29) is 5.78 Å². The van der Waals surface area contributed by atoms with Crippen LogP contribution in [-0.2, 0) is 0 Å². The van der Waals surface area contributed by atoms with Gasteiger partial charge in [0.05, 0.1) is 7.11 Å². The van der Waals surface area contributed by atoms with Gasteiger partial charge in [-0.15, -0.1) is 0 Å². The molecule has 1 heterocycles. The molecule has 0 unspecified atom stereocenters. The smallest absolute Gasteiger partial charge is 0.211 e. The Morgan fingerprint density at radius 3 is 2.76 bits per heavy atom. The zero-order chi connectivity index (χ0) is 12.3. The zero-order valence-electron chi connectivity index (χ0n) is 9.18. The normalized spacial score (nSPS) is 10.0. The second-order valence-electron chi connectivity index (χ2n) is 3.42. The van der Waals surface area contributed by atoms with Gasteiger partial charge in [-0.05, 0) is 30.3 Å². The highest BCUT2D eigenvalue weighted by atomic mass is 79.9. The number of carbonyl (C=O) groups excluding carboxylic acids is 1. The maximum atomic E-state index is 12.1. The predicted octanol–water partition coefficient (Wildman–Crippen LogP) is 3.08. The molecule has 3 nitrogen and oxygen atoms in total. The van der Waals surface area contributed by atoms with Crippen LogP contribution in [0.15, 0.2) is 47.1 Å². The van der Waals surface area contributed by atoms with E-state index in [1.54, 1.807) is 49.7 Å². The summed E-state index contributed by atoms with van der Waals surface area (Å²) in [5.74, 6) is 0.517. The Bertz CT molecular complexity index is 540. The van der Waals surface area contributed by atoms with E-state index < -0.39 is 0 Å². The number of methoxy groups -OCH3 is 1. The Balaban J connectivity index is 2.41. The number of halogens is 1. The summed E-state index contributed by atoms with van der Waals surface area (Å²) >= 11 is 3.34. The number of nitrogens with zero attached hydrogens (tertiary/aromatic N) is 1. The third kappa shape index (κ3) is 2.71. The molecule has 2 aromatic rings. The van der Waals surface area contributed by atoms with Crippen LogP contribution in [0.1, 0.15) is 16.1 Å². The number of carbonyl (C=O) groups is 1. The van der Waals surface area contributed by atoms with E-state index >= 15 is 0 Å². The average molecular weight is 292 g/mol. The third-order valence-electron chi connectivity index (χ3n) is 2.27. The van der Waals surface area contributed by atoms with Gasteiger partial charge in [-0.2, -0.15) is 0 Å². The van der Waals surface area contributed by atoms with Crippen LogP contribution in [0.3, 0.4) is 0 Å². The standard InChI is InChI=1S/C13H10BrNO2/c1-17-11-7-9(6-10(14)8-11)13(16)12-4-2-3-5-15-12/h2-8H,1H3. The molecule has 0 N–H and O–H groups in total. The fraction of sp³-hybridized carbons (Fsp3) is 0.0769. The lowest BCUT2D eigenvalue weighted by atomic mass is 10.1. The van der Waals surface area contributed by atoms with Crippen LogP contribution in [0.4, 0.5) is 0 Å². The second-order valence-corrected chi connectivity index (χ2v) is 4.34. The number of hydrogen-bond acceptors (Lipinski definition) is 3. The van der Waals surface area contributed by atoms with Crippen molar-refractivity contribution >= 4 is 21.7 Å². The van der Waals surface area contributed by atoms with Crippen LogP contribution in [0, 0.1) is 0 Å². The van der Waals surface area contributed by atoms with Crippen LogP contribution in [-0.4, -0.2) is 17.9 Å². The molecule has 0 bridgehead atoms. The molecule has 0 saturated heterocycles. The van der Waals surface area contributed by atoms with Crippen molar-refractivity contribution in [2.75, 3.05) is 7.11 Å². The van der Waals surface area contributed by atoms with Gasteiger partial charge in [-0.25, -0.2) is 0 Å². The van der Waals surface area contributed by atoms with E-state index in [4.69, 9.17) is 4.74 Å². The lowest BCUT2D eigenvalue weighted by Crippen LogP contribution is -2.03. The molecule has 4 heteroatoms. The van der Waals surface area contributed by atoms with Gasteiger partial charge in [0.1, 0.15) is 11.4 Å². The van der Waals surface area contributed by atoms with Crippen LogP contribution in [0.25, 0.3) is 0 Å². The quantitative estimate of drug-likeness (QED) is 0.816. The Morgan fingerprint density at radius 2 is 2.12 bits per heavy atom. The number of pyridine rings is 1. The molecule has 0 spiro atoms. The zero-order valence-corrected chi connectivity index (χ0v) is 10.8. The van der Waals surface area contributed by atoms with Crippen molar-refractivity contribution < 1.29 is 9.53 Å². The highest BCUT2D eigenvalue weighted by molar-refractivity contribution is 9.10. The fourth-order valence-corrected chi connectivity index (χ4v) is 1.93. The van der Waals surface area contributed by atoms with Crippen LogP contribution in [0.2, 0.25) is 0 Å². The molecule has 1 aromatic carbocycles. The summed E-state index contributed by atoms with van der Waals surface area (Å²) < 4.78 is 5.92. The number of rotatable bonds is 3. The van der Waals surface area contributed by atoms with Gasteiger partial charge in [-0.1, -0.05) is 22.0 Å². The van der Waals surface area contributed by atoms with Gasteiger partial charge in [0.2, 0.25) is 5.78 Å². The van der Waals surface area contributed by atoms with Crippen molar-refractivity contribution in [2.45, 2.75) is 0 Å². The number of aromatic nitrogens is 1. The first-order valence-corrected chi connectivity index (χ1v) is 5.80. The summed E-state index contributed by atoms with van der Waals surface area (Å²) in [5.41, 5.74) is 0.975. The summed E-state index contributed by atoms with van der Waals surface area (Å²) in [7, 11) is 1.57. The van der Waals surface area contributed by atoms with Gasteiger partial charge >= 0.3 is 0 Å². The Labute approximate surface area is 108 Å². The molecule has 0 aliphatic rings. The monoisotopic (exact) mass is 291 g/mol. The maximum absolute atomic E-state index is 12.1. The van der Waals surface area contributed by atoms with Gasteiger partial charge in [0.15, 0.2) is 0 Å². The van der Waals surface area contributed by atoms with E-state index in [2.05, 4.69) is 20.9 Å². The first-order chi connectivity index (χ1) is 8.20. The predicted molar refractivity (Wildman–Crippen MR) is 68.4 cm³/mol. The molecule has 86 valence electrons. The lowest BCUT2D eigenvalue weighted by Gasteiger charge is -2.05. The Morgan fingerprint density at radius 1 is 1.29 bits per heavy atom. The summed E-state index contributed by atoms with van der Waals surface area (Å²) in [6.07, 6.45) is 1.60. The fourth-order valence-electron chi connectivity index (χ4n) is 1.46. The van der Waals surface area contributed by atoms with E-state index in [1.807, 2.05) is 0 Å². The van der Waals surface area contributed by atoms with Gasteiger partial charge < -0.3 is 4.74 Å². The van der Waals surface area contributed by atoms with Crippen LogP contribution < -0.4 is 4.74 Å². The molecule has 1 aromatic heterocycles. The van der Waals surface area contributed by atoms with Crippen molar-refractivity contribution in [3.05, 3.63) is 58.3 Å². The molecule has 2 rings (SSSR count). The number of ether oxygens (including phenoxy) is 1. The molecule has 0 fully saturated rings. The number of benzene rings is 1. The van der Waals surface area contributed by atoms with Crippen molar-refractivity contribution in [2.24, 2.45) is 0 Å². The van der Waals surface area contributed by atoms with Crippen molar-refractivity contribution in [1.82, 2.24) is 4.98 Å². The molecule has 0 saturated carbocycles. The summed E-state index contributed by atoms with van der Waals surface area (Å²) in [6.45, 7) is 0. The second kappa shape index (κ2) is 5.10. The Kier molecular flexibility index (Phi) is 3.54. The van der Waals surface area contributed by atoms with Gasteiger partial charge in [0, 0.05) is 16.2 Å². The lowest BCUT2D eigenvalue weighted by molar-refractivity contribution is 0.103. The highest BCUT2D eigenvalue weighted by Gasteiger charge is 2.11. The van der Waals surface area contributed by atoms with Crippen molar-refractivity contribution in [1.29, 1.82) is 0 Å². The molecule has 0 aliphatic heterocycles. The van der Waals surface area contributed by atoms with Gasteiger partial charge in [-0.3, -0.25) is 9.78 Å². The first-order valence-electron chi connectivity index (χ1n) is 5.01. The van der Waals surface area contributed by atoms with Crippen LogP contribution in [0.5, 0.6) is 5.75 Å². The average Bonchev–Trinajstić information content (AvgIpc) is 2.38.